The minimum atomic E-state index is -3.70. The average Bonchev–Trinajstić information content (AvgIpc) is 3.42. The summed E-state index contributed by atoms with van der Waals surface area (Å²) in [4.78, 5) is 5.09. The van der Waals surface area contributed by atoms with Gasteiger partial charge in [-0.05, 0) is 46.8 Å². The van der Waals surface area contributed by atoms with Crippen molar-refractivity contribution in [1.29, 1.82) is 0 Å². The topological polar surface area (TPSA) is 154 Å². The number of thiazole rings is 1. The quantitative estimate of drug-likeness (QED) is 0.450. The van der Waals surface area contributed by atoms with Crippen molar-refractivity contribution >= 4 is 38.7 Å². The Morgan fingerprint density at radius 1 is 1.21 bits per heavy atom. The molecule has 0 saturated heterocycles. The monoisotopic (exact) mass is 416 g/mol. The maximum Gasteiger partial charge on any atom is 0.263 e. The molecule has 0 fully saturated rings. The van der Waals surface area contributed by atoms with Gasteiger partial charge in [-0.3, -0.25) is 4.72 Å². The molecule has 0 atom stereocenters. The van der Waals surface area contributed by atoms with Gasteiger partial charge < -0.3 is 10.2 Å². The summed E-state index contributed by atoms with van der Waals surface area (Å²) in [6.45, 7) is 0. The van der Waals surface area contributed by atoms with E-state index in [4.69, 9.17) is 10.2 Å². The fourth-order valence-electron chi connectivity index (χ4n) is 2.21. The van der Waals surface area contributed by atoms with Crippen molar-refractivity contribution in [2.24, 2.45) is 5.10 Å². The Morgan fingerprint density at radius 2 is 2.04 bits per heavy atom. The first-order valence-corrected chi connectivity index (χ1v) is 10.1. The zero-order valence-electron chi connectivity index (χ0n) is 14.0. The molecule has 142 valence electrons. The van der Waals surface area contributed by atoms with Crippen molar-refractivity contribution in [2.45, 2.75) is 4.90 Å². The summed E-state index contributed by atoms with van der Waals surface area (Å²) in [6.07, 6.45) is 2.93. The second-order valence-electron chi connectivity index (χ2n) is 5.34. The molecule has 11 nitrogen and oxygen atoms in total. The molecule has 4 rings (SSSR count). The van der Waals surface area contributed by atoms with Crippen molar-refractivity contribution in [3.8, 4) is 11.3 Å². The number of anilines is 2. The van der Waals surface area contributed by atoms with Gasteiger partial charge in [-0.1, -0.05) is 9.89 Å². The summed E-state index contributed by atoms with van der Waals surface area (Å²) in [6, 6.07) is 9.72. The molecule has 0 aliphatic heterocycles. The van der Waals surface area contributed by atoms with Crippen LogP contribution in [0.2, 0.25) is 0 Å². The van der Waals surface area contributed by atoms with Gasteiger partial charge in [-0.15, -0.1) is 11.3 Å². The molecule has 3 heterocycles. The van der Waals surface area contributed by atoms with E-state index in [0.29, 0.717) is 22.2 Å². The Balaban J connectivity index is 1.51. The Bertz CT molecular complexity index is 1210. The van der Waals surface area contributed by atoms with Crippen molar-refractivity contribution in [2.75, 3.05) is 10.5 Å². The molecule has 3 N–H and O–H groups in total. The largest absolute Gasteiger partial charge is 0.455 e. The Kier molecular flexibility index (Phi) is 4.58. The number of furan rings is 1. The summed E-state index contributed by atoms with van der Waals surface area (Å²) in [5, 5.41) is 16.4. The molecule has 13 heteroatoms. The number of nitrogen functional groups attached to an aromatic ring is 1. The first-order valence-electron chi connectivity index (χ1n) is 7.72. The molecular formula is C15H12N8O3S2. The van der Waals surface area contributed by atoms with E-state index < -0.39 is 10.0 Å². The van der Waals surface area contributed by atoms with Crippen molar-refractivity contribution < 1.29 is 12.8 Å². The van der Waals surface area contributed by atoms with Gasteiger partial charge in [-0.2, -0.15) is 5.10 Å². The SMILES string of the molecule is Nc1nnnn1N=Cc1ccc(-c2ccc(S(=O)(=O)Nc3nccs3)cc2)o1. The predicted octanol–water partition coefficient (Wildman–Crippen LogP) is 1.65. The van der Waals surface area contributed by atoms with E-state index in [0.717, 1.165) is 4.79 Å². The maximum absolute atomic E-state index is 12.4. The zero-order chi connectivity index (χ0) is 19.6. The van der Waals surface area contributed by atoms with E-state index in [2.05, 4.69) is 30.3 Å². The van der Waals surface area contributed by atoms with Crippen LogP contribution in [-0.2, 0) is 10.0 Å². The van der Waals surface area contributed by atoms with E-state index in [1.807, 2.05) is 0 Å². The van der Waals surface area contributed by atoms with Crippen LogP contribution < -0.4 is 10.5 Å². The lowest BCUT2D eigenvalue weighted by atomic mass is 10.2. The number of tetrazole rings is 1. The molecule has 28 heavy (non-hydrogen) atoms. The lowest BCUT2D eigenvalue weighted by Gasteiger charge is -2.05. The van der Waals surface area contributed by atoms with Crippen LogP contribution >= 0.6 is 11.3 Å². The fraction of sp³-hybridized carbons (Fsp3) is 0. The number of hydrogen-bond acceptors (Lipinski definition) is 10. The smallest absolute Gasteiger partial charge is 0.263 e. The highest BCUT2D eigenvalue weighted by atomic mass is 32.2. The second kappa shape index (κ2) is 7.21. The lowest BCUT2D eigenvalue weighted by Crippen LogP contribution is -2.12. The average molecular weight is 416 g/mol. The standard InChI is InChI=1S/C15H12N8O3S2/c16-14-19-21-22-23(14)18-9-11-3-6-13(26-11)10-1-4-12(5-2-10)28(24,25)20-15-17-7-8-27-15/h1-9H,(H,17,20)(H2,16,19,22). The number of sulfonamides is 1. The van der Waals surface area contributed by atoms with Gasteiger partial charge in [0.2, 0.25) is 0 Å². The number of nitrogens with two attached hydrogens (primary N) is 1. The third-order valence-electron chi connectivity index (χ3n) is 3.50. The van der Waals surface area contributed by atoms with Crippen LogP contribution in [0.25, 0.3) is 11.3 Å². The van der Waals surface area contributed by atoms with Crippen molar-refractivity contribution in [1.82, 2.24) is 25.3 Å². The third kappa shape index (κ3) is 3.74. The molecule has 0 saturated carbocycles. The van der Waals surface area contributed by atoms with Crippen LogP contribution in [0, 0.1) is 0 Å². The molecule has 0 unspecified atom stereocenters. The minimum absolute atomic E-state index is 0.0474. The van der Waals surface area contributed by atoms with Crippen molar-refractivity contribution in [3.63, 3.8) is 0 Å². The van der Waals surface area contributed by atoms with Crippen LogP contribution in [0.5, 0.6) is 0 Å². The summed E-state index contributed by atoms with van der Waals surface area (Å²) >= 11 is 1.20. The number of hydrogen-bond donors (Lipinski definition) is 2. The van der Waals surface area contributed by atoms with Crippen LogP contribution in [-0.4, -0.2) is 39.9 Å². The molecule has 1 aromatic carbocycles. The molecule has 4 aromatic rings. The van der Waals surface area contributed by atoms with Gasteiger partial charge in [0.05, 0.1) is 11.1 Å². The van der Waals surface area contributed by atoms with E-state index in [-0.39, 0.29) is 10.8 Å². The molecule has 0 aliphatic rings. The molecular weight excluding hydrogens is 404 g/mol. The minimum Gasteiger partial charge on any atom is -0.455 e. The van der Waals surface area contributed by atoms with E-state index in [1.165, 1.54) is 35.9 Å². The lowest BCUT2D eigenvalue weighted by molar-refractivity contribution is 0.573. The summed E-state index contributed by atoms with van der Waals surface area (Å²) < 4.78 is 32.8. The summed E-state index contributed by atoms with van der Waals surface area (Å²) in [5.41, 5.74) is 6.22. The third-order valence-corrected chi connectivity index (χ3v) is 5.67. The molecule has 0 bridgehead atoms. The number of benzene rings is 1. The number of rotatable bonds is 6. The van der Waals surface area contributed by atoms with Gasteiger partial charge in [-0.25, -0.2) is 13.4 Å². The zero-order valence-corrected chi connectivity index (χ0v) is 15.6. The van der Waals surface area contributed by atoms with Crippen LogP contribution in [0.15, 0.2) is 62.4 Å². The number of nitrogens with zero attached hydrogens (tertiary/aromatic N) is 6. The maximum atomic E-state index is 12.4. The van der Waals surface area contributed by atoms with Gasteiger partial charge in [0.25, 0.3) is 16.0 Å². The normalized spacial score (nSPS) is 11.9. The molecule has 0 aliphatic carbocycles. The first-order chi connectivity index (χ1) is 13.5. The molecule has 0 radical (unpaired) electrons. The van der Waals surface area contributed by atoms with Gasteiger partial charge in [0.1, 0.15) is 11.5 Å². The van der Waals surface area contributed by atoms with Gasteiger partial charge >= 0.3 is 0 Å². The Labute approximate surface area is 162 Å². The van der Waals surface area contributed by atoms with E-state index in [1.54, 1.807) is 29.6 Å². The highest BCUT2D eigenvalue weighted by Crippen LogP contribution is 2.24. The summed E-state index contributed by atoms with van der Waals surface area (Å²) in [7, 11) is -3.70. The highest BCUT2D eigenvalue weighted by Gasteiger charge is 2.16. The van der Waals surface area contributed by atoms with Gasteiger partial charge in [0, 0.05) is 17.1 Å². The molecule has 0 spiro atoms. The molecule has 0 amide bonds. The fourth-order valence-corrected chi connectivity index (χ4v) is 4.00. The predicted molar refractivity (Wildman–Crippen MR) is 102 cm³/mol. The van der Waals surface area contributed by atoms with Crippen LogP contribution in [0.3, 0.4) is 0 Å². The van der Waals surface area contributed by atoms with Crippen LogP contribution in [0.1, 0.15) is 5.76 Å². The Hall–Kier alpha value is -3.58. The Morgan fingerprint density at radius 3 is 2.71 bits per heavy atom. The second-order valence-corrected chi connectivity index (χ2v) is 7.92. The highest BCUT2D eigenvalue weighted by molar-refractivity contribution is 7.93. The molecule has 3 aromatic heterocycles. The number of nitrogens with one attached hydrogen (secondary N) is 1. The number of aromatic nitrogens is 5. The first kappa shape index (κ1) is 17.8. The van der Waals surface area contributed by atoms with Crippen LogP contribution in [0.4, 0.5) is 11.1 Å². The summed E-state index contributed by atoms with van der Waals surface area (Å²) in [5.74, 6) is 1.04. The van der Waals surface area contributed by atoms with Crippen molar-refractivity contribution in [3.05, 3.63) is 53.7 Å². The van der Waals surface area contributed by atoms with Gasteiger partial charge in [0.15, 0.2) is 5.13 Å². The van der Waals surface area contributed by atoms with E-state index in [9.17, 15) is 8.42 Å². The van der Waals surface area contributed by atoms with E-state index >= 15 is 0 Å².